The van der Waals surface area contributed by atoms with Crippen molar-refractivity contribution in [2.75, 3.05) is 18.5 Å². The molecule has 148 valence electrons. The minimum atomic E-state index is -1.17. The Hall–Kier alpha value is -3.40. The van der Waals surface area contributed by atoms with Crippen LogP contribution in [0.5, 0.6) is 0 Å². The van der Waals surface area contributed by atoms with Crippen LogP contribution in [0.1, 0.15) is 20.9 Å². The van der Waals surface area contributed by atoms with Crippen LogP contribution in [-0.4, -0.2) is 41.4 Å². The molecular weight excluding hydrogens is 386 g/mol. The summed E-state index contributed by atoms with van der Waals surface area (Å²) in [6, 6.07) is 9.20. The Morgan fingerprint density at radius 1 is 1.18 bits per heavy atom. The molecule has 3 N–H and O–H groups in total. The molecule has 0 aliphatic heterocycles. The van der Waals surface area contributed by atoms with Gasteiger partial charge in [0.1, 0.15) is 18.1 Å². The van der Waals surface area contributed by atoms with Crippen LogP contribution in [0.15, 0.2) is 43.0 Å². The van der Waals surface area contributed by atoms with Gasteiger partial charge in [0.25, 0.3) is 0 Å². The van der Waals surface area contributed by atoms with E-state index in [4.69, 9.17) is 9.47 Å². The number of alkyl carbamates (subject to hydrolysis) is 1. The molecule has 28 heavy (non-hydrogen) atoms. The second kappa shape index (κ2) is 10.7. The van der Waals surface area contributed by atoms with Crippen molar-refractivity contribution in [2.45, 2.75) is 13.0 Å². The lowest BCUT2D eigenvalue weighted by Crippen LogP contribution is -2.26. The van der Waals surface area contributed by atoms with Crippen LogP contribution in [0.25, 0.3) is 0 Å². The predicted molar refractivity (Wildman–Crippen MR) is 103 cm³/mol. The van der Waals surface area contributed by atoms with E-state index in [2.05, 4.69) is 22.2 Å². The van der Waals surface area contributed by atoms with Gasteiger partial charge in [-0.3, -0.25) is 5.32 Å². The molecule has 9 nitrogen and oxygen atoms in total. The number of rotatable bonds is 9. The van der Waals surface area contributed by atoms with Gasteiger partial charge in [0.2, 0.25) is 0 Å². The Balaban J connectivity index is 1.84. The standard InChI is InChI=1S/C18H19N3O6S/c1-2-10-26-18(25)21-16-20-13(14(28-16)15(22)23)8-9-19-17(24)27-11-12-6-4-3-5-7-12/h2-7H,1,8-11H2,(H,19,24)(H,22,23)(H,20,21,25). The SMILES string of the molecule is C=CCOC(=O)Nc1nc(CCNC(=O)OCc2ccccc2)c(C(=O)O)s1. The molecule has 0 spiro atoms. The Labute approximate surface area is 165 Å². The molecule has 2 aromatic rings. The summed E-state index contributed by atoms with van der Waals surface area (Å²) in [6.07, 6.45) is 0.169. The van der Waals surface area contributed by atoms with Gasteiger partial charge in [0.15, 0.2) is 5.13 Å². The summed E-state index contributed by atoms with van der Waals surface area (Å²) in [5.74, 6) is -1.17. The van der Waals surface area contributed by atoms with Crippen molar-refractivity contribution in [2.24, 2.45) is 0 Å². The number of nitrogens with one attached hydrogen (secondary N) is 2. The van der Waals surface area contributed by atoms with E-state index >= 15 is 0 Å². The smallest absolute Gasteiger partial charge is 0.413 e. The fraction of sp³-hybridized carbons (Fsp3) is 0.222. The van der Waals surface area contributed by atoms with Crippen molar-refractivity contribution in [1.82, 2.24) is 10.3 Å². The van der Waals surface area contributed by atoms with Gasteiger partial charge in [-0.25, -0.2) is 19.4 Å². The molecule has 0 fully saturated rings. The minimum Gasteiger partial charge on any atom is -0.477 e. The van der Waals surface area contributed by atoms with Gasteiger partial charge in [-0.05, 0) is 5.56 Å². The number of carbonyl (C=O) groups excluding carboxylic acids is 2. The van der Waals surface area contributed by atoms with Crippen LogP contribution in [0.2, 0.25) is 0 Å². The molecule has 0 bridgehead atoms. The summed E-state index contributed by atoms with van der Waals surface area (Å²) in [4.78, 5) is 38.6. The topological polar surface area (TPSA) is 127 Å². The average Bonchev–Trinajstić information content (AvgIpc) is 3.08. The molecule has 1 aromatic heterocycles. The molecule has 2 amide bonds. The minimum absolute atomic E-state index is 0.0187. The number of anilines is 1. The third kappa shape index (κ3) is 6.72. The molecule has 1 aromatic carbocycles. The summed E-state index contributed by atoms with van der Waals surface area (Å²) < 4.78 is 9.83. The highest BCUT2D eigenvalue weighted by Crippen LogP contribution is 2.23. The zero-order valence-electron chi connectivity index (χ0n) is 14.8. The number of hydrogen-bond acceptors (Lipinski definition) is 7. The Kier molecular flexibility index (Phi) is 7.97. The van der Waals surface area contributed by atoms with Crippen LogP contribution < -0.4 is 10.6 Å². The second-order valence-electron chi connectivity index (χ2n) is 5.35. The first-order valence-corrected chi connectivity index (χ1v) is 9.03. The maximum Gasteiger partial charge on any atom is 0.413 e. The van der Waals surface area contributed by atoms with E-state index in [1.54, 1.807) is 0 Å². The van der Waals surface area contributed by atoms with Crippen molar-refractivity contribution in [3.05, 3.63) is 59.1 Å². The lowest BCUT2D eigenvalue weighted by atomic mass is 10.2. The number of carbonyl (C=O) groups is 3. The molecule has 0 aliphatic carbocycles. The van der Waals surface area contributed by atoms with Gasteiger partial charge in [-0.2, -0.15) is 0 Å². The van der Waals surface area contributed by atoms with E-state index in [0.717, 1.165) is 16.9 Å². The summed E-state index contributed by atoms with van der Waals surface area (Å²) in [7, 11) is 0. The van der Waals surface area contributed by atoms with Gasteiger partial charge in [-0.1, -0.05) is 54.3 Å². The van der Waals surface area contributed by atoms with E-state index in [1.807, 2.05) is 30.3 Å². The number of thiazole rings is 1. The maximum absolute atomic E-state index is 11.7. The number of nitrogens with zero attached hydrogens (tertiary/aromatic N) is 1. The first-order chi connectivity index (χ1) is 13.5. The van der Waals surface area contributed by atoms with E-state index in [1.165, 1.54) is 6.08 Å². The third-order valence-corrected chi connectivity index (χ3v) is 4.28. The lowest BCUT2D eigenvalue weighted by molar-refractivity contribution is 0.0700. The summed E-state index contributed by atoms with van der Waals surface area (Å²) >= 11 is 0.803. The van der Waals surface area contributed by atoms with Crippen molar-refractivity contribution in [1.29, 1.82) is 0 Å². The molecule has 2 rings (SSSR count). The number of amides is 2. The van der Waals surface area contributed by atoms with Crippen LogP contribution in [0.4, 0.5) is 14.7 Å². The molecule has 10 heteroatoms. The molecule has 0 saturated heterocycles. The van der Waals surface area contributed by atoms with Crippen molar-refractivity contribution in [3.63, 3.8) is 0 Å². The maximum atomic E-state index is 11.7. The average molecular weight is 405 g/mol. The fourth-order valence-electron chi connectivity index (χ4n) is 2.06. The van der Waals surface area contributed by atoms with Gasteiger partial charge < -0.3 is 19.9 Å². The molecule has 0 aliphatic rings. The zero-order valence-corrected chi connectivity index (χ0v) is 15.7. The first kappa shape index (κ1) is 20.9. The highest BCUT2D eigenvalue weighted by Gasteiger charge is 2.19. The molecule has 0 unspecified atom stereocenters. The summed E-state index contributed by atoms with van der Waals surface area (Å²) in [6.45, 7) is 3.69. The number of aromatic carboxylic acids is 1. The highest BCUT2D eigenvalue weighted by molar-refractivity contribution is 7.17. The van der Waals surface area contributed by atoms with Gasteiger partial charge in [0.05, 0.1) is 5.69 Å². The van der Waals surface area contributed by atoms with Crippen molar-refractivity contribution < 1.29 is 29.0 Å². The number of aromatic nitrogens is 1. The molecular formula is C18H19N3O6S. The van der Waals surface area contributed by atoms with Crippen molar-refractivity contribution >= 4 is 34.6 Å². The highest BCUT2D eigenvalue weighted by atomic mass is 32.1. The van der Waals surface area contributed by atoms with E-state index in [0.29, 0.717) is 0 Å². The molecule has 1 heterocycles. The van der Waals surface area contributed by atoms with Gasteiger partial charge in [0, 0.05) is 13.0 Å². The van der Waals surface area contributed by atoms with Gasteiger partial charge in [-0.15, -0.1) is 0 Å². The normalized spacial score (nSPS) is 10.0. The fourth-order valence-corrected chi connectivity index (χ4v) is 2.89. The monoisotopic (exact) mass is 405 g/mol. The van der Waals surface area contributed by atoms with E-state index in [9.17, 15) is 19.5 Å². The molecule has 0 atom stereocenters. The quantitative estimate of drug-likeness (QED) is 0.547. The molecule has 0 radical (unpaired) electrons. The number of ether oxygens (including phenoxy) is 2. The van der Waals surface area contributed by atoms with Crippen LogP contribution in [0.3, 0.4) is 0 Å². The second-order valence-corrected chi connectivity index (χ2v) is 6.35. The number of hydrogen-bond donors (Lipinski definition) is 3. The summed E-state index contributed by atoms with van der Waals surface area (Å²) in [5.41, 5.74) is 1.09. The molecule has 0 saturated carbocycles. The summed E-state index contributed by atoms with van der Waals surface area (Å²) in [5, 5.41) is 14.3. The van der Waals surface area contributed by atoms with E-state index in [-0.39, 0.29) is 41.9 Å². The Bertz CT molecular complexity index is 837. The van der Waals surface area contributed by atoms with E-state index < -0.39 is 18.2 Å². The number of carboxylic acid groups (broad SMARTS) is 1. The van der Waals surface area contributed by atoms with Crippen LogP contribution in [0, 0.1) is 0 Å². The number of carboxylic acids is 1. The predicted octanol–water partition coefficient (Wildman–Crippen LogP) is 3.04. The Morgan fingerprint density at radius 2 is 1.93 bits per heavy atom. The first-order valence-electron chi connectivity index (χ1n) is 8.21. The lowest BCUT2D eigenvalue weighted by Gasteiger charge is -2.06. The van der Waals surface area contributed by atoms with Crippen LogP contribution >= 0.6 is 11.3 Å². The van der Waals surface area contributed by atoms with Gasteiger partial charge >= 0.3 is 18.2 Å². The number of benzene rings is 1. The Morgan fingerprint density at radius 3 is 2.61 bits per heavy atom. The zero-order chi connectivity index (χ0) is 20.4. The van der Waals surface area contributed by atoms with Crippen molar-refractivity contribution in [3.8, 4) is 0 Å². The largest absolute Gasteiger partial charge is 0.477 e. The van der Waals surface area contributed by atoms with Crippen LogP contribution in [-0.2, 0) is 22.5 Å². The third-order valence-electron chi connectivity index (χ3n) is 3.28.